The van der Waals surface area contributed by atoms with Gasteiger partial charge in [-0.2, -0.15) is 0 Å². The van der Waals surface area contributed by atoms with Crippen LogP contribution in [-0.4, -0.2) is 30.2 Å². The maximum atomic E-state index is 2.42. The lowest BCUT2D eigenvalue weighted by Crippen LogP contribution is -2.57. The van der Waals surface area contributed by atoms with E-state index in [1.165, 1.54) is 159 Å². The number of hydrogen-bond donors (Lipinski definition) is 0. The number of unbranched alkanes of at least 4 members (excludes halogenated alkanes) is 13. The highest BCUT2D eigenvalue weighted by Gasteiger charge is 2.35. The lowest BCUT2D eigenvalue weighted by Gasteiger charge is -2.47. The molecule has 0 bridgehead atoms. The molecule has 0 spiro atoms. The fourth-order valence-electron chi connectivity index (χ4n) is 5.87. The second-order valence-corrected chi connectivity index (χ2v) is 10.3. The summed E-state index contributed by atoms with van der Waals surface area (Å²) < 4.78 is 1.49. The molecule has 0 aromatic heterocycles. The predicted octanol–water partition coefficient (Wildman–Crippen LogP) is 9.44. The van der Waals surface area contributed by atoms with E-state index in [-0.39, 0.29) is 0 Å². The van der Waals surface area contributed by atoms with E-state index in [0.29, 0.717) is 0 Å². The van der Waals surface area contributed by atoms with Gasteiger partial charge in [0.15, 0.2) is 0 Å². The summed E-state index contributed by atoms with van der Waals surface area (Å²) in [4.78, 5) is 0. The highest BCUT2D eigenvalue weighted by Crippen LogP contribution is 2.30. The van der Waals surface area contributed by atoms with Gasteiger partial charge in [-0.15, -0.1) is 0 Å². The monoisotopic (exact) mass is 408 g/mol. The fraction of sp³-hybridized carbons (Fsp3) is 1.00. The van der Waals surface area contributed by atoms with Crippen molar-refractivity contribution in [2.24, 2.45) is 0 Å². The summed E-state index contributed by atoms with van der Waals surface area (Å²) >= 11 is 0. The van der Waals surface area contributed by atoms with Crippen molar-refractivity contribution in [2.45, 2.75) is 162 Å². The van der Waals surface area contributed by atoms with Crippen molar-refractivity contribution in [3.63, 3.8) is 0 Å². The van der Waals surface area contributed by atoms with Crippen LogP contribution < -0.4 is 0 Å². The Bertz CT molecular complexity index is 333. The van der Waals surface area contributed by atoms with Gasteiger partial charge in [-0.3, -0.25) is 0 Å². The lowest BCUT2D eigenvalue weighted by atomic mass is 9.91. The minimum absolute atomic E-state index is 0.993. The zero-order valence-corrected chi connectivity index (χ0v) is 21.0. The van der Waals surface area contributed by atoms with Gasteiger partial charge >= 0.3 is 0 Å². The van der Waals surface area contributed by atoms with Crippen molar-refractivity contribution in [3.05, 3.63) is 0 Å². The Hall–Kier alpha value is -0.0400. The van der Waals surface area contributed by atoms with Crippen molar-refractivity contribution < 1.29 is 4.48 Å². The van der Waals surface area contributed by atoms with Gasteiger partial charge in [-0.05, 0) is 51.4 Å². The van der Waals surface area contributed by atoms with Gasteiger partial charge in [-0.1, -0.05) is 104 Å². The van der Waals surface area contributed by atoms with E-state index in [0.717, 1.165) is 6.04 Å². The molecule has 1 nitrogen and oxygen atoms in total. The summed E-state index contributed by atoms with van der Waals surface area (Å²) in [5.41, 5.74) is 0. The number of hydrogen-bond acceptors (Lipinski definition) is 0. The van der Waals surface area contributed by atoms with Crippen LogP contribution in [0.3, 0.4) is 0 Å². The standard InChI is InChI=1S/C28H58N/c1-4-7-9-10-11-12-13-14-15-16-17-18-22-27-29(25-6-3,26-8-5-2)28-23-20-19-21-24-28/h28H,4-27H2,1-3H3/q+1. The van der Waals surface area contributed by atoms with Gasteiger partial charge in [0.2, 0.25) is 0 Å². The van der Waals surface area contributed by atoms with Crippen molar-refractivity contribution >= 4 is 0 Å². The fourth-order valence-corrected chi connectivity index (χ4v) is 5.87. The molecule has 1 aliphatic rings. The first-order chi connectivity index (χ1) is 14.3. The van der Waals surface area contributed by atoms with Crippen molar-refractivity contribution in [3.8, 4) is 0 Å². The van der Waals surface area contributed by atoms with Crippen molar-refractivity contribution in [1.82, 2.24) is 0 Å². The van der Waals surface area contributed by atoms with Crippen LogP contribution >= 0.6 is 0 Å². The Morgan fingerprint density at radius 2 is 0.897 bits per heavy atom. The van der Waals surface area contributed by atoms with Gasteiger partial charge in [0.05, 0.1) is 25.7 Å². The summed E-state index contributed by atoms with van der Waals surface area (Å²) in [6.07, 6.45) is 30.8. The van der Waals surface area contributed by atoms with E-state index in [1.54, 1.807) is 0 Å². The molecule has 0 amide bonds. The van der Waals surface area contributed by atoms with E-state index in [1.807, 2.05) is 0 Å². The molecule has 0 aromatic carbocycles. The number of quaternary nitrogens is 1. The van der Waals surface area contributed by atoms with Gasteiger partial charge in [0.25, 0.3) is 0 Å². The molecule has 0 heterocycles. The van der Waals surface area contributed by atoms with Crippen LogP contribution in [0.2, 0.25) is 0 Å². The highest BCUT2D eigenvalue weighted by molar-refractivity contribution is 4.68. The molecule has 1 heteroatoms. The molecule has 0 N–H and O–H groups in total. The van der Waals surface area contributed by atoms with Crippen molar-refractivity contribution in [2.75, 3.05) is 19.6 Å². The first-order valence-electron chi connectivity index (χ1n) is 14.1. The highest BCUT2D eigenvalue weighted by atomic mass is 15.4. The van der Waals surface area contributed by atoms with E-state index in [4.69, 9.17) is 0 Å². The summed E-state index contributed by atoms with van der Waals surface area (Å²) in [5, 5.41) is 0. The first kappa shape index (κ1) is 27.0. The smallest absolute Gasteiger partial charge is 0.0890 e. The Kier molecular flexibility index (Phi) is 17.4. The molecule has 1 unspecified atom stereocenters. The van der Waals surface area contributed by atoms with Crippen molar-refractivity contribution in [1.29, 1.82) is 0 Å². The van der Waals surface area contributed by atoms with Gasteiger partial charge in [0.1, 0.15) is 0 Å². The molecule has 1 fully saturated rings. The quantitative estimate of drug-likeness (QED) is 0.139. The third-order valence-electron chi connectivity index (χ3n) is 7.68. The SMILES string of the molecule is CCCCCCCCCCCCCCC[N+](CCC)(CCCC)C1CCCCC1. The minimum atomic E-state index is 0.993. The third-order valence-corrected chi connectivity index (χ3v) is 7.68. The second-order valence-electron chi connectivity index (χ2n) is 10.3. The minimum Gasteiger partial charge on any atom is -0.321 e. The third kappa shape index (κ3) is 12.4. The van der Waals surface area contributed by atoms with E-state index < -0.39 is 0 Å². The van der Waals surface area contributed by atoms with Crippen LogP contribution in [0, 0.1) is 0 Å². The molecule has 1 atom stereocenters. The van der Waals surface area contributed by atoms with Crippen LogP contribution in [-0.2, 0) is 0 Å². The van der Waals surface area contributed by atoms with Crippen LogP contribution in [0.1, 0.15) is 156 Å². The molecule has 1 rings (SSSR count). The Balaban J connectivity index is 2.17. The molecule has 0 saturated heterocycles. The van der Waals surface area contributed by atoms with Crippen LogP contribution in [0.5, 0.6) is 0 Å². The topological polar surface area (TPSA) is 0 Å². The van der Waals surface area contributed by atoms with E-state index >= 15 is 0 Å². The molecular formula is C28H58N+. The largest absolute Gasteiger partial charge is 0.321 e. The first-order valence-corrected chi connectivity index (χ1v) is 14.1. The maximum Gasteiger partial charge on any atom is 0.0890 e. The van der Waals surface area contributed by atoms with Gasteiger partial charge in [0, 0.05) is 0 Å². The molecule has 0 aliphatic heterocycles. The Labute approximate surface area is 186 Å². The molecule has 0 aromatic rings. The maximum absolute atomic E-state index is 2.42. The van der Waals surface area contributed by atoms with Crippen LogP contribution in [0.15, 0.2) is 0 Å². The summed E-state index contributed by atoms with van der Waals surface area (Å²) in [6.45, 7) is 11.5. The molecular weight excluding hydrogens is 350 g/mol. The lowest BCUT2D eigenvalue weighted by molar-refractivity contribution is -0.953. The normalized spacial score (nSPS) is 17.5. The predicted molar refractivity (Wildman–Crippen MR) is 133 cm³/mol. The van der Waals surface area contributed by atoms with E-state index in [9.17, 15) is 0 Å². The average molecular weight is 409 g/mol. The Morgan fingerprint density at radius 3 is 1.38 bits per heavy atom. The van der Waals surface area contributed by atoms with Gasteiger partial charge < -0.3 is 4.48 Å². The molecule has 1 saturated carbocycles. The van der Waals surface area contributed by atoms with Crippen LogP contribution in [0.4, 0.5) is 0 Å². The summed E-state index contributed by atoms with van der Waals surface area (Å²) in [7, 11) is 0. The zero-order valence-electron chi connectivity index (χ0n) is 21.0. The van der Waals surface area contributed by atoms with Crippen LogP contribution in [0.25, 0.3) is 0 Å². The Morgan fingerprint density at radius 1 is 0.448 bits per heavy atom. The number of nitrogens with zero attached hydrogens (tertiary/aromatic N) is 1. The molecule has 174 valence electrons. The second kappa shape index (κ2) is 18.7. The average Bonchev–Trinajstić information content (AvgIpc) is 2.76. The summed E-state index contributed by atoms with van der Waals surface area (Å²) in [6, 6.07) is 0.993. The number of rotatable bonds is 20. The molecule has 1 aliphatic carbocycles. The summed E-state index contributed by atoms with van der Waals surface area (Å²) in [5.74, 6) is 0. The van der Waals surface area contributed by atoms with E-state index in [2.05, 4.69) is 20.8 Å². The molecule has 0 radical (unpaired) electrons. The van der Waals surface area contributed by atoms with Gasteiger partial charge in [-0.25, -0.2) is 0 Å². The molecule has 29 heavy (non-hydrogen) atoms. The zero-order chi connectivity index (χ0) is 21.0.